The van der Waals surface area contributed by atoms with Crippen LogP contribution >= 0.6 is 15.9 Å². The molecule has 122 valence electrons. The lowest BCUT2D eigenvalue weighted by molar-refractivity contribution is 1.11. The molecule has 0 saturated carbocycles. The van der Waals surface area contributed by atoms with Crippen LogP contribution in [0.1, 0.15) is 16.8 Å². The van der Waals surface area contributed by atoms with E-state index in [1.165, 1.54) is 5.56 Å². The summed E-state index contributed by atoms with van der Waals surface area (Å²) in [6, 6.07) is 16.2. The molecule has 1 aromatic heterocycles. The number of nitrogens with one attached hydrogen (secondary N) is 2. The third-order valence-corrected chi connectivity index (χ3v) is 4.11. The summed E-state index contributed by atoms with van der Waals surface area (Å²) in [5.41, 5.74) is 5.26. The SMILES string of the molecule is Cc1ccc(Nc2nc(C)cc(Nc3ccc(Br)cc3C)n2)cc1. The summed E-state index contributed by atoms with van der Waals surface area (Å²) in [5.74, 6) is 1.35. The number of aromatic nitrogens is 2. The Morgan fingerprint density at radius 3 is 2.29 bits per heavy atom. The minimum absolute atomic E-state index is 0.580. The predicted octanol–water partition coefficient (Wildman–Crippen LogP) is 5.65. The molecule has 0 bridgehead atoms. The Hall–Kier alpha value is -2.40. The average molecular weight is 383 g/mol. The molecule has 4 nitrogen and oxygen atoms in total. The molecule has 2 N–H and O–H groups in total. The highest BCUT2D eigenvalue weighted by molar-refractivity contribution is 9.10. The number of benzene rings is 2. The molecule has 0 saturated heterocycles. The summed E-state index contributed by atoms with van der Waals surface area (Å²) in [5, 5.41) is 6.62. The minimum Gasteiger partial charge on any atom is -0.340 e. The number of hydrogen-bond acceptors (Lipinski definition) is 4. The highest BCUT2D eigenvalue weighted by atomic mass is 79.9. The standard InChI is InChI=1S/C19H19BrN4/c1-12-4-7-16(8-5-12)22-19-21-14(3)11-18(24-19)23-17-9-6-15(20)10-13(17)2/h4-11H,1-3H3,(H2,21,22,23,24). The van der Waals surface area contributed by atoms with Crippen molar-refractivity contribution in [2.75, 3.05) is 10.6 Å². The molecule has 1 heterocycles. The fourth-order valence-corrected chi connectivity index (χ4v) is 2.84. The van der Waals surface area contributed by atoms with Gasteiger partial charge in [0.2, 0.25) is 5.95 Å². The van der Waals surface area contributed by atoms with Crippen LogP contribution in [0.4, 0.5) is 23.1 Å². The Bertz CT molecular complexity index is 860. The number of halogens is 1. The van der Waals surface area contributed by atoms with Crippen molar-refractivity contribution in [3.05, 3.63) is 69.8 Å². The van der Waals surface area contributed by atoms with E-state index in [0.29, 0.717) is 5.95 Å². The van der Waals surface area contributed by atoms with E-state index in [-0.39, 0.29) is 0 Å². The molecule has 0 radical (unpaired) electrons. The number of nitrogens with zero attached hydrogens (tertiary/aromatic N) is 2. The predicted molar refractivity (Wildman–Crippen MR) is 103 cm³/mol. The van der Waals surface area contributed by atoms with Crippen LogP contribution in [0.2, 0.25) is 0 Å². The summed E-state index contributed by atoms with van der Waals surface area (Å²) >= 11 is 3.48. The monoisotopic (exact) mass is 382 g/mol. The number of hydrogen-bond donors (Lipinski definition) is 2. The maximum atomic E-state index is 4.57. The van der Waals surface area contributed by atoms with Gasteiger partial charge in [0.15, 0.2) is 0 Å². The molecule has 0 atom stereocenters. The third kappa shape index (κ3) is 4.11. The van der Waals surface area contributed by atoms with Crippen molar-refractivity contribution in [3.8, 4) is 0 Å². The van der Waals surface area contributed by atoms with Crippen molar-refractivity contribution in [1.82, 2.24) is 9.97 Å². The molecule has 0 aliphatic rings. The van der Waals surface area contributed by atoms with Crippen LogP contribution < -0.4 is 10.6 Å². The van der Waals surface area contributed by atoms with Crippen LogP contribution in [0.25, 0.3) is 0 Å². The fraction of sp³-hybridized carbons (Fsp3) is 0.158. The molecule has 3 aromatic rings. The zero-order chi connectivity index (χ0) is 17.1. The first-order valence-electron chi connectivity index (χ1n) is 7.72. The zero-order valence-electron chi connectivity index (χ0n) is 13.9. The Kier molecular flexibility index (Phi) is 4.81. The summed E-state index contributed by atoms with van der Waals surface area (Å²) in [7, 11) is 0. The second kappa shape index (κ2) is 7.01. The van der Waals surface area contributed by atoms with Crippen LogP contribution in [0.15, 0.2) is 53.0 Å². The molecule has 5 heteroatoms. The van der Waals surface area contributed by atoms with E-state index < -0.39 is 0 Å². The van der Waals surface area contributed by atoms with E-state index in [4.69, 9.17) is 0 Å². The molecule has 0 aliphatic heterocycles. The van der Waals surface area contributed by atoms with Crippen molar-refractivity contribution in [3.63, 3.8) is 0 Å². The lowest BCUT2D eigenvalue weighted by Gasteiger charge is -2.12. The smallest absolute Gasteiger partial charge is 0.229 e. The largest absolute Gasteiger partial charge is 0.340 e. The Balaban J connectivity index is 1.84. The van der Waals surface area contributed by atoms with Gasteiger partial charge < -0.3 is 10.6 Å². The van der Waals surface area contributed by atoms with E-state index in [0.717, 1.165) is 32.9 Å². The van der Waals surface area contributed by atoms with Crippen LogP contribution in [0.3, 0.4) is 0 Å². The van der Waals surface area contributed by atoms with Crippen molar-refractivity contribution < 1.29 is 0 Å². The number of aryl methyl sites for hydroxylation is 3. The van der Waals surface area contributed by atoms with Crippen molar-refractivity contribution in [1.29, 1.82) is 0 Å². The molecule has 3 rings (SSSR count). The van der Waals surface area contributed by atoms with Crippen molar-refractivity contribution in [2.45, 2.75) is 20.8 Å². The summed E-state index contributed by atoms with van der Waals surface area (Å²) in [6.45, 7) is 6.09. The van der Waals surface area contributed by atoms with Gasteiger partial charge in [-0.3, -0.25) is 0 Å². The topological polar surface area (TPSA) is 49.8 Å². The highest BCUT2D eigenvalue weighted by Gasteiger charge is 2.05. The van der Waals surface area contributed by atoms with Crippen LogP contribution in [0, 0.1) is 20.8 Å². The molecule has 0 fully saturated rings. The maximum Gasteiger partial charge on any atom is 0.229 e. The van der Waals surface area contributed by atoms with Gasteiger partial charge in [0, 0.05) is 27.6 Å². The molecule has 0 spiro atoms. The molecule has 24 heavy (non-hydrogen) atoms. The van der Waals surface area contributed by atoms with Gasteiger partial charge in [0.05, 0.1) is 0 Å². The lowest BCUT2D eigenvalue weighted by atomic mass is 10.2. The summed E-state index contributed by atoms with van der Waals surface area (Å²) < 4.78 is 1.06. The fourth-order valence-electron chi connectivity index (χ4n) is 2.36. The highest BCUT2D eigenvalue weighted by Crippen LogP contribution is 2.24. The summed E-state index contributed by atoms with van der Waals surface area (Å²) in [6.07, 6.45) is 0. The molecular weight excluding hydrogens is 364 g/mol. The van der Waals surface area contributed by atoms with Gasteiger partial charge in [-0.05, 0) is 56.7 Å². The van der Waals surface area contributed by atoms with Gasteiger partial charge in [0.25, 0.3) is 0 Å². The van der Waals surface area contributed by atoms with E-state index in [1.54, 1.807) is 0 Å². The third-order valence-electron chi connectivity index (χ3n) is 3.61. The van der Waals surface area contributed by atoms with Gasteiger partial charge in [-0.2, -0.15) is 4.98 Å². The van der Waals surface area contributed by atoms with E-state index >= 15 is 0 Å². The van der Waals surface area contributed by atoms with E-state index in [1.807, 2.05) is 37.3 Å². The van der Waals surface area contributed by atoms with Crippen LogP contribution in [-0.4, -0.2) is 9.97 Å². The molecule has 2 aromatic carbocycles. The zero-order valence-corrected chi connectivity index (χ0v) is 15.5. The Morgan fingerprint density at radius 2 is 1.58 bits per heavy atom. The summed E-state index contributed by atoms with van der Waals surface area (Å²) in [4.78, 5) is 9.03. The lowest BCUT2D eigenvalue weighted by Crippen LogP contribution is -2.03. The molecular formula is C19H19BrN4. The second-order valence-corrected chi connectivity index (χ2v) is 6.71. The van der Waals surface area contributed by atoms with E-state index in [9.17, 15) is 0 Å². The second-order valence-electron chi connectivity index (χ2n) is 5.79. The molecule has 0 aliphatic carbocycles. The van der Waals surface area contributed by atoms with Crippen LogP contribution in [0.5, 0.6) is 0 Å². The van der Waals surface area contributed by atoms with Crippen molar-refractivity contribution in [2.24, 2.45) is 0 Å². The van der Waals surface area contributed by atoms with Gasteiger partial charge in [-0.25, -0.2) is 4.98 Å². The minimum atomic E-state index is 0.580. The van der Waals surface area contributed by atoms with Crippen molar-refractivity contribution >= 4 is 39.1 Å². The van der Waals surface area contributed by atoms with Gasteiger partial charge in [-0.15, -0.1) is 0 Å². The Labute approximate surface area is 150 Å². The van der Waals surface area contributed by atoms with Crippen LogP contribution in [-0.2, 0) is 0 Å². The quantitative estimate of drug-likeness (QED) is 0.611. The van der Waals surface area contributed by atoms with E-state index in [2.05, 4.69) is 68.6 Å². The average Bonchev–Trinajstić information content (AvgIpc) is 2.52. The first-order valence-corrected chi connectivity index (χ1v) is 8.51. The molecule has 0 unspecified atom stereocenters. The number of anilines is 4. The van der Waals surface area contributed by atoms with Gasteiger partial charge >= 0.3 is 0 Å². The normalized spacial score (nSPS) is 10.5. The first kappa shape index (κ1) is 16.5. The Morgan fingerprint density at radius 1 is 0.833 bits per heavy atom. The number of rotatable bonds is 4. The molecule has 0 amide bonds. The van der Waals surface area contributed by atoms with Gasteiger partial charge in [0.1, 0.15) is 5.82 Å². The van der Waals surface area contributed by atoms with Gasteiger partial charge in [-0.1, -0.05) is 33.6 Å². The first-order chi connectivity index (χ1) is 11.5. The maximum absolute atomic E-state index is 4.57.